The van der Waals surface area contributed by atoms with Gasteiger partial charge in [0.1, 0.15) is 5.82 Å². The second kappa shape index (κ2) is 2.95. The Balaban J connectivity index is 2.73. The Hall–Kier alpha value is -0.990. The van der Waals surface area contributed by atoms with Crippen LogP contribution in [0.25, 0.3) is 0 Å². The van der Waals surface area contributed by atoms with Crippen molar-refractivity contribution in [2.24, 2.45) is 7.05 Å². The molecule has 3 heteroatoms. The van der Waals surface area contributed by atoms with Crippen molar-refractivity contribution in [1.29, 1.82) is 0 Å². The van der Waals surface area contributed by atoms with Crippen molar-refractivity contribution in [3.8, 4) is 0 Å². The molecular formula is C8H15N3. The minimum atomic E-state index is 0.448. The van der Waals surface area contributed by atoms with Gasteiger partial charge in [0, 0.05) is 24.8 Å². The van der Waals surface area contributed by atoms with E-state index < -0.39 is 0 Å². The van der Waals surface area contributed by atoms with Crippen molar-refractivity contribution in [3.63, 3.8) is 0 Å². The summed E-state index contributed by atoms with van der Waals surface area (Å²) in [5.74, 6) is 0.958. The van der Waals surface area contributed by atoms with E-state index in [1.165, 1.54) is 5.69 Å². The molecule has 0 amide bonds. The van der Waals surface area contributed by atoms with Crippen LogP contribution in [0, 0.1) is 6.92 Å². The fourth-order valence-corrected chi connectivity index (χ4v) is 0.927. The van der Waals surface area contributed by atoms with Crippen molar-refractivity contribution in [3.05, 3.63) is 11.8 Å². The van der Waals surface area contributed by atoms with Crippen molar-refractivity contribution in [2.45, 2.75) is 26.8 Å². The smallest absolute Gasteiger partial charge is 0.148 e. The molecule has 0 unspecified atom stereocenters. The number of hydrogen-bond acceptors (Lipinski definition) is 2. The van der Waals surface area contributed by atoms with Crippen LogP contribution in [0.15, 0.2) is 6.07 Å². The summed E-state index contributed by atoms with van der Waals surface area (Å²) in [5.41, 5.74) is 1.17. The van der Waals surface area contributed by atoms with Crippen LogP contribution in [0.4, 0.5) is 5.82 Å². The Kier molecular flexibility index (Phi) is 2.17. The lowest BCUT2D eigenvalue weighted by Crippen LogP contribution is -2.10. The molecule has 0 radical (unpaired) electrons. The average Bonchev–Trinajstić information content (AvgIpc) is 2.10. The first-order valence-corrected chi connectivity index (χ1v) is 3.87. The third-order valence-corrected chi connectivity index (χ3v) is 1.55. The molecule has 62 valence electrons. The quantitative estimate of drug-likeness (QED) is 0.698. The second-order valence-corrected chi connectivity index (χ2v) is 3.09. The van der Waals surface area contributed by atoms with E-state index in [0.29, 0.717) is 6.04 Å². The highest BCUT2D eigenvalue weighted by Gasteiger charge is 2.00. The molecule has 1 heterocycles. The third-order valence-electron chi connectivity index (χ3n) is 1.55. The molecule has 0 aliphatic heterocycles. The van der Waals surface area contributed by atoms with Gasteiger partial charge in [-0.3, -0.25) is 4.68 Å². The largest absolute Gasteiger partial charge is 0.366 e. The third kappa shape index (κ3) is 1.97. The van der Waals surface area contributed by atoms with Crippen molar-refractivity contribution < 1.29 is 0 Å². The maximum atomic E-state index is 4.26. The molecule has 11 heavy (non-hydrogen) atoms. The minimum Gasteiger partial charge on any atom is -0.366 e. The summed E-state index contributed by atoms with van der Waals surface area (Å²) in [6.45, 7) is 6.24. The number of nitrogens with one attached hydrogen (secondary N) is 1. The van der Waals surface area contributed by atoms with E-state index in [4.69, 9.17) is 0 Å². The van der Waals surface area contributed by atoms with Crippen LogP contribution in [0.5, 0.6) is 0 Å². The Morgan fingerprint density at radius 1 is 1.55 bits per heavy atom. The van der Waals surface area contributed by atoms with Gasteiger partial charge in [-0.05, 0) is 20.8 Å². The molecule has 1 aromatic heterocycles. The van der Waals surface area contributed by atoms with Gasteiger partial charge in [0.2, 0.25) is 0 Å². The molecular weight excluding hydrogens is 138 g/mol. The molecule has 0 spiro atoms. The highest BCUT2D eigenvalue weighted by atomic mass is 15.3. The van der Waals surface area contributed by atoms with Crippen molar-refractivity contribution in [2.75, 3.05) is 5.32 Å². The Bertz CT molecular complexity index is 218. The average molecular weight is 153 g/mol. The first-order valence-electron chi connectivity index (χ1n) is 3.87. The van der Waals surface area contributed by atoms with Crippen LogP contribution in [0.3, 0.4) is 0 Å². The van der Waals surface area contributed by atoms with Crippen LogP contribution in [-0.4, -0.2) is 15.8 Å². The summed E-state index contributed by atoms with van der Waals surface area (Å²) in [7, 11) is 1.95. The van der Waals surface area contributed by atoms with Crippen LogP contribution in [-0.2, 0) is 7.05 Å². The lowest BCUT2D eigenvalue weighted by Gasteiger charge is -2.04. The second-order valence-electron chi connectivity index (χ2n) is 3.09. The molecule has 0 fully saturated rings. The summed E-state index contributed by atoms with van der Waals surface area (Å²) in [4.78, 5) is 0. The van der Waals surface area contributed by atoms with Gasteiger partial charge < -0.3 is 5.32 Å². The van der Waals surface area contributed by atoms with Gasteiger partial charge in [-0.2, -0.15) is 5.10 Å². The molecule has 0 aliphatic rings. The van der Waals surface area contributed by atoms with E-state index in [1.54, 1.807) is 0 Å². The van der Waals surface area contributed by atoms with Gasteiger partial charge in [-0.15, -0.1) is 0 Å². The fraction of sp³-hybridized carbons (Fsp3) is 0.625. The molecule has 1 aromatic rings. The zero-order chi connectivity index (χ0) is 8.43. The van der Waals surface area contributed by atoms with E-state index in [1.807, 2.05) is 24.7 Å². The summed E-state index contributed by atoms with van der Waals surface area (Å²) in [5, 5.41) is 7.49. The predicted octanol–water partition coefficient (Wildman–Crippen LogP) is 1.55. The van der Waals surface area contributed by atoms with E-state index in [2.05, 4.69) is 24.3 Å². The maximum absolute atomic E-state index is 4.26. The lowest BCUT2D eigenvalue weighted by molar-refractivity contribution is 0.737. The van der Waals surface area contributed by atoms with Crippen LogP contribution in [0.1, 0.15) is 19.5 Å². The SMILES string of the molecule is Cc1cc(NC(C)C)nn1C. The highest BCUT2D eigenvalue weighted by molar-refractivity contribution is 5.36. The molecule has 0 saturated carbocycles. The topological polar surface area (TPSA) is 29.9 Å². The first kappa shape index (κ1) is 8.11. The van der Waals surface area contributed by atoms with Gasteiger partial charge in [0.05, 0.1) is 0 Å². The van der Waals surface area contributed by atoms with Crippen LogP contribution < -0.4 is 5.32 Å². The molecule has 0 aliphatic carbocycles. The van der Waals surface area contributed by atoms with Gasteiger partial charge >= 0.3 is 0 Å². The van der Waals surface area contributed by atoms with Gasteiger partial charge in [-0.1, -0.05) is 0 Å². The summed E-state index contributed by atoms with van der Waals surface area (Å²) in [6, 6.07) is 2.49. The van der Waals surface area contributed by atoms with Gasteiger partial charge in [-0.25, -0.2) is 0 Å². The molecule has 0 aromatic carbocycles. The monoisotopic (exact) mass is 153 g/mol. The van der Waals surface area contributed by atoms with E-state index in [9.17, 15) is 0 Å². The highest BCUT2D eigenvalue weighted by Crippen LogP contribution is 2.07. The van der Waals surface area contributed by atoms with Crippen molar-refractivity contribution in [1.82, 2.24) is 9.78 Å². The number of rotatable bonds is 2. The van der Waals surface area contributed by atoms with Crippen molar-refractivity contribution >= 4 is 5.82 Å². The number of hydrogen-bond donors (Lipinski definition) is 1. The number of aromatic nitrogens is 2. The molecule has 0 bridgehead atoms. The normalized spacial score (nSPS) is 10.6. The fourth-order valence-electron chi connectivity index (χ4n) is 0.927. The Morgan fingerprint density at radius 3 is 2.55 bits per heavy atom. The van der Waals surface area contributed by atoms with Crippen LogP contribution >= 0.6 is 0 Å². The zero-order valence-corrected chi connectivity index (χ0v) is 7.55. The summed E-state index contributed by atoms with van der Waals surface area (Å²) < 4.78 is 1.87. The number of nitrogens with zero attached hydrogens (tertiary/aromatic N) is 2. The van der Waals surface area contributed by atoms with E-state index in [0.717, 1.165) is 5.82 Å². The minimum absolute atomic E-state index is 0.448. The molecule has 0 atom stereocenters. The Labute approximate surface area is 67.4 Å². The summed E-state index contributed by atoms with van der Waals surface area (Å²) >= 11 is 0. The number of aryl methyl sites for hydroxylation is 2. The molecule has 3 nitrogen and oxygen atoms in total. The Morgan fingerprint density at radius 2 is 2.18 bits per heavy atom. The summed E-state index contributed by atoms with van der Waals surface area (Å²) in [6.07, 6.45) is 0. The zero-order valence-electron chi connectivity index (χ0n) is 7.55. The lowest BCUT2D eigenvalue weighted by atomic mass is 10.4. The molecule has 1 N–H and O–H groups in total. The molecule has 1 rings (SSSR count). The van der Waals surface area contributed by atoms with E-state index >= 15 is 0 Å². The maximum Gasteiger partial charge on any atom is 0.148 e. The van der Waals surface area contributed by atoms with E-state index in [-0.39, 0.29) is 0 Å². The standard InChI is InChI=1S/C8H15N3/c1-6(2)9-8-5-7(3)11(4)10-8/h5-6H,1-4H3,(H,9,10). The van der Waals surface area contributed by atoms with Gasteiger partial charge in [0.15, 0.2) is 0 Å². The molecule has 0 saturated heterocycles. The number of anilines is 1. The first-order chi connectivity index (χ1) is 5.09. The predicted molar refractivity (Wildman–Crippen MR) is 46.7 cm³/mol. The van der Waals surface area contributed by atoms with Gasteiger partial charge in [0.25, 0.3) is 0 Å². The van der Waals surface area contributed by atoms with Crippen LogP contribution in [0.2, 0.25) is 0 Å².